The number of rotatable bonds is 7. The number of amides is 1. The SMILES string of the molecule is CCOC(=O)CNC(=O)CSc1nnc(-c2ccc(Cl)cc2Cl)n1N. The number of nitrogen functional groups attached to an aromatic ring is 1. The van der Waals surface area contributed by atoms with Gasteiger partial charge in [0.05, 0.1) is 17.4 Å². The summed E-state index contributed by atoms with van der Waals surface area (Å²) in [7, 11) is 0. The Morgan fingerprint density at radius 2 is 2.12 bits per heavy atom. The molecule has 0 atom stereocenters. The van der Waals surface area contributed by atoms with Crippen molar-refractivity contribution in [2.45, 2.75) is 12.1 Å². The van der Waals surface area contributed by atoms with Crippen molar-refractivity contribution < 1.29 is 14.3 Å². The number of esters is 1. The minimum atomic E-state index is -0.498. The third kappa shape index (κ3) is 5.25. The Morgan fingerprint density at radius 1 is 1.36 bits per heavy atom. The second-order valence-corrected chi connectivity index (χ2v) is 6.46. The van der Waals surface area contributed by atoms with Gasteiger partial charge in [0.15, 0.2) is 5.82 Å². The highest BCUT2D eigenvalue weighted by molar-refractivity contribution is 7.99. The van der Waals surface area contributed by atoms with Gasteiger partial charge in [-0.3, -0.25) is 9.59 Å². The van der Waals surface area contributed by atoms with E-state index in [0.717, 1.165) is 11.8 Å². The third-order valence-electron chi connectivity index (χ3n) is 2.90. The predicted octanol–water partition coefficient (Wildman–Crippen LogP) is 1.74. The number of aromatic nitrogens is 3. The minimum absolute atomic E-state index is 0.0170. The Morgan fingerprint density at radius 3 is 2.80 bits per heavy atom. The van der Waals surface area contributed by atoms with Crippen LogP contribution >= 0.6 is 35.0 Å². The van der Waals surface area contributed by atoms with Gasteiger partial charge in [0, 0.05) is 10.6 Å². The van der Waals surface area contributed by atoms with Gasteiger partial charge in [0.1, 0.15) is 6.54 Å². The first kappa shape index (κ1) is 19.4. The molecule has 0 saturated heterocycles. The second-order valence-electron chi connectivity index (χ2n) is 4.67. The Balaban J connectivity index is 1.97. The third-order valence-corrected chi connectivity index (χ3v) is 4.40. The zero-order valence-electron chi connectivity index (χ0n) is 13.2. The van der Waals surface area contributed by atoms with E-state index in [4.69, 9.17) is 33.8 Å². The summed E-state index contributed by atoms with van der Waals surface area (Å²) >= 11 is 13.1. The Labute approximate surface area is 158 Å². The van der Waals surface area contributed by atoms with Gasteiger partial charge in [0.2, 0.25) is 11.1 Å². The number of ether oxygens (including phenoxy) is 1. The van der Waals surface area contributed by atoms with Crippen LogP contribution in [0.3, 0.4) is 0 Å². The molecule has 0 radical (unpaired) electrons. The molecule has 0 unspecified atom stereocenters. The van der Waals surface area contributed by atoms with Crippen LogP contribution in [0.4, 0.5) is 0 Å². The zero-order valence-corrected chi connectivity index (χ0v) is 15.5. The lowest BCUT2D eigenvalue weighted by Crippen LogP contribution is -2.32. The maximum Gasteiger partial charge on any atom is 0.325 e. The summed E-state index contributed by atoms with van der Waals surface area (Å²) in [6.07, 6.45) is 0. The smallest absolute Gasteiger partial charge is 0.325 e. The lowest BCUT2D eigenvalue weighted by Gasteiger charge is -2.06. The topological polar surface area (TPSA) is 112 Å². The van der Waals surface area contributed by atoms with Crippen molar-refractivity contribution in [3.8, 4) is 11.4 Å². The Hall–Kier alpha value is -1.97. The lowest BCUT2D eigenvalue weighted by atomic mass is 10.2. The van der Waals surface area contributed by atoms with Gasteiger partial charge in [-0.2, -0.15) is 0 Å². The van der Waals surface area contributed by atoms with E-state index in [1.54, 1.807) is 25.1 Å². The summed E-state index contributed by atoms with van der Waals surface area (Å²) in [6, 6.07) is 4.91. The van der Waals surface area contributed by atoms with Crippen LogP contribution in [0.25, 0.3) is 11.4 Å². The molecule has 2 aromatic rings. The van der Waals surface area contributed by atoms with Gasteiger partial charge < -0.3 is 15.9 Å². The molecule has 1 aromatic heterocycles. The monoisotopic (exact) mass is 403 g/mol. The van der Waals surface area contributed by atoms with E-state index in [1.807, 2.05) is 0 Å². The molecule has 11 heteroatoms. The number of carbonyl (C=O) groups is 2. The molecule has 0 bridgehead atoms. The zero-order chi connectivity index (χ0) is 18.4. The maximum absolute atomic E-state index is 11.7. The molecule has 0 aliphatic carbocycles. The average molecular weight is 404 g/mol. The standard InChI is InChI=1S/C14H15Cl2N5O3S/c1-2-24-12(23)6-18-11(22)7-25-14-20-19-13(21(14)17)9-4-3-8(15)5-10(9)16/h3-5H,2,6-7,17H2,1H3,(H,18,22). The van der Waals surface area contributed by atoms with Gasteiger partial charge >= 0.3 is 5.97 Å². The number of thioether (sulfide) groups is 1. The highest BCUT2D eigenvalue weighted by Crippen LogP contribution is 2.30. The molecule has 1 heterocycles. The highest BCUT2D eigenvalue weighted by atomic mass is 35.5. The number of hydrogen-bond acceptors (Lipinski definition) is 7. The van der Waals surface area contributed by atoms with Gasteiger partial charge in [-0.1, -0.05) is 35.0 Å². The minimum Gasteiger partial charge on any atom is -0.465 e. The molecule has 0 aliphatic heterocycles. The molecule has 8 nitrogen and oxygen atoms in total. The fraction of sp³-hybridized carbons (Fsp3) is 0.286. The van der Waals surface area contributed by atoms with Crippen LogP contribution in [0.15, 0.2) is 23.4 Å². The van der Waals surface area contributed by atoms with E-state index in [9.17, 15) is 9.59 Å². The molecule has 1 amide bonds. The molecule has 3 N–H and O–H groups in total. The molecule has 25 heavy (non-hydrogen) atoms. The van der Waals surface area contributed by atoms with Gasteiger partial charge in [-0.05, 0) is 25.1 Å². The van der Waals surface area contributed by atoms with Crippen molar-refractivity contribution in [3.63, 3.8) is 0 Å². The molecular formula is C14H15Cl2N5O3S. The number of nitrogens with one attached hydrogen (secondary N) is 1. The van der Waals surface area contributed by atoms with Crippen LogP contribution in [0.5, 0.6) is 0 Å². The van der Waals surface area contributed by atoms with Crippen LogP contribution in [0.1, 0.15) is 6.92 Å². The van der Waals surface area contributed by atoms with E-state index in [1.165, 1.54) is 4.68 Å². The van der Waals surface area contributed by atoms with Crippen LogP contribution in [-0.2, 0) is 14.3 Å². The van der Waals surface area contributed by atoms with Gasteiger partial charge in [-0.15, -0.1) is 10.2 Å². The first-order chi connectivity index (χ1) is 11.9. The molecule has 2 rings (SSSR count). The first-order valence-electron chi connectivity index (χ1n) is 7.13. The molecule has 0 saturated carbocycles. The van der Waals surface area contributed by atoms with Crippen molar-refractivity contribution in [2.75, 3.05) is 24.7 Å². The molecule has 0 spiro atoms. The number of carbonyl (C=O) groups excluding carboxylic acids is 2. The van der Waals surface area contributed by atoms with E-state index in [0.29, 0.717) is 26.6 Å². The number of nitrogens with two attached hydrogens (primary N) is 1. The van der Waals surface area contributed by atoms with E-state index in [-0.39, 0.29) is 24.8 Å². The Kier molecular flexibility index (Phi) is 6.91. The molecule has 1 aromatic carbocycles. The summed E-state index contributed by atoms with van der Waals surface area (Å²) in [5.74, 6) is 5.47. The van der Waals surface area contributed by atoms with Crippen molar-refractivity contribution in [2.24, 2.45) is 0 Å². The molecule has 0 aliphatic rings. The van der Waals surface area contributed by atoms with E-state index >= 15 is 0 Å². The lowest BCUT2D eigenvalue weighted by molar-refractivity contribution is -0.143. The number of hydrogen-bond donors (Lipinski definition) is 2. The number of nitrogens with zero attached hydrogens (tertiary/aromatic N) is 3. The molecule has 0 fully saturated rings. The van der Waals surface area contributed by atoms with Gasteiger partial charge in [-0.25, -0.2) is 4.68 Å². The molecule has 134 valence electrons. The van der Waals surface area contributed by atoms with E-state index < -0.39 is 5.97 Å². The summed E-state index contributed by atoms with van der Waals surface area (Å²) < 4.78 is 5.95. The second kappa shape index (κ2) is 8.93. The average Bonchev–Trinajstić information content (AvgIpc) is 2.92. The van der Waals surface area contributed by atoms with Crippen LogP contribution < -0.4 is 11.2 Å². The normalized spacial score (nSPS) is 10.5. The van der Waals surface area contributed by atoms with E-state index in [2.05, 4.69) is 15.5 Å². The van der Waals surface area contributed by atoms with Crippen LogP contribution in [0.2, 0.25) is 10.0 Å². The Bertz CT molecular complexity index is 784. The maximum atomic E-state index is 11.7. The summed E-state index contributed by atoms with van der Waals surface area (Å²) in [6.45, 7) is 1.76. The quantitative estimate of drug-likeness (QED) is 0.411. The largest absolute Gasteiger partial charge is 0.465 e. The van der Waals surface area contributed by atoms with Crippen LogP contribution in [-0.4, -0.2) is 45.7 Å². The van der Waals surface area contributed by atoms with Crippen molar-refractivity contribution >= 4 is 46.8 Å². The summed E-state index contributed by atoms with van der Waals surface area (Å²) in [4.78, 5) is 22.9. The van der Waals surface area contributed by atoms with Gasteiger partial charge in [0.25, 0.3) is 0 Å². The summed E-state index contributed by atoms with van der Waals surface area (Å²) in [5, 5.41) is 11.6. The van der Waals surface area contributed by atoms with Crippen LogP contribution in [0, 0.1) is 0 Å². The van der Waals surface area contributed by atoms with Crippen molar-refractivity contribution in [1.29, 1.82) is 0 Å². The molecular weight excluding hydrogens is 389 g/mol. The van der Waals surface area contributed by atoms with Crippen molar-refractivity contribution in [1.82, 2.24) is 20.2 Å². The predicted molar refractivity (Wildman–Crippen MR) is 96.0 cm³/mol. The number of benzene rings is 1. The van der Waals surface area contributed by atoms with Crippen molar-refractivity contribution in [3.05, 3.63) is 28.2 Å². The number of halogens is 2. The fourth-order valence-electron chi connectivity index (χ4n) is 1.79. The fourth-order valence-corrected chi connectivity index (χ4v) is 2.97. The summed E-state index contributed by atoms with van der Waals surface area (Å²) in [5.41, 5.74) is 0.569. The first-order valence-corrected chi connectivity index (χ1v) is 8.87. The highest BCUT2D eigenvalue weighted by Gasteiger charge is 2.16.